The molecule has 0 spiro atoms. The number of fused-ring (bicyclic) bond motifs is 4. The van der Waals surface area contributed by atoms with Gasteiger partial charge in [-0.3, -0.25) is 0 Å². The summed E-state index contributed by atoms with van der Waals surface area (Å²) in [5.74, 6) is 0. The summed E-state index contributed by atoms with van der Waals surface area (Å²) in [4.78, 5) is 2.49. The fraction of sp³-hybridized carbons (Fsp3) is 0. The predicted octanol–water partition coefficient (Wildman–Crippen LogP) is 16.5. The zero-order valence-electron chi connectivity index (χ0n) is 32.9. The normalized spacial score (nSPS) is 11.3. The number of nitrogens with zero attached hydrogens (tertiary/aromatic N) is 1. The highest BCUT2D eigenvalue weighted by atomic mass is 16.3. The van der Waals surface area contributed by atoms with Crippen molar-refractivity contribution >= 4 is 49.8 Å². The molecule has 2 heteroatoms. The molecule has 1 aromatic heterocycles. The minimum absolute atomic E-state index is 0.872. The highest BCUT2D eigenvalue weighted by molar-refractivity contribution is 6.15. The third-order valence-electron chi connectivity index (χ3n) is 11.7. The van der Waals surface area contributed by atoms with Crippen LogP contribution in [-0.4, -0.2) is 0 Å². The molecule has 0 bridgehead atoms. The van der Waals surface area contributed by atoms with Crippen LogP contribution in [0.5, 0.6) is 0 Å². The Labute approximate surface area is 349 Å². The molecule has 0 aliphatic carbocycles. The van der Waals surface area contributed by atoms with E-state index in [1.165, 1.54) is 33.0 Å². The molecule has 0 aliphatic heterocycles. The summed E-state index contributed by atoms with van der Waals surface area (Å²) in [6.07, 6.45) is 0. The summed E-state index contributed by atoms with van der Waals surface area (Å²) in [6, 6.07) is 85.0. The Bertz CT molecular complexity index is 3310. The number of anilines is 3. The van der Waals surface area contributed by atoms with Gasteiger partial charge >= 0.3 is 0 Å². The molecular weight excluding hydrogens is 727 g/mol. The third-order valence-corrected chi connectivity index (χ3v) is 11.7. The molecule has 1 heterocycles. The van der Waals surface area contributed by atoms with Crippen LogP contribution in [0.15, 0.2) is 241 Å². The van der Waals surface area contributed by atoms with E-state index < -0.39 is 0 Å². The maximum absolute atomic E-state index is 6.47. The Balaban J connectivity index is 1.23. The molecule has 0 N–H and O–H groups in total. The van der Waals surface area contributed by atoms with E-state index in [2.05, 4.69) is 235 Å². The van der Waals surface area contributed by atoms with Crippen LogP contribution in [0.25, 0.3) is 88.3 Å². The summed E-state index contributed by atoms with van der Waals surface area (Å²) in [5.41, 5.74) is 16.5. The van der Waals surface area contributed by atoms with E-state index in [1.807, 2.05) is 6.07 Å². The van der Waals surface area contributed by atoms with Crippen molar-refractivity contribution in [3.63, 3.8) is 0 Å². The molecule has 282 valence electrons. The predicted molar refractivity (Wildman–Crippen MR) is 253 cm³/mol. The second-order valence-electron chi connectivity index (χ2n) is 15.2. The Morgan fingerprint density at radius 3 is 1.40 bits per heavy atom. The first-order valence-corrected chi connectivity index (χ1v) is 20.5. The van der Waals surface area contributed by atoms with Gasteiger partial charge in [0.1, 0.15) is 11.2 Å². The maximum atomic E-state index is 6.47. The van der Waals surface area contributed by atoms with Gasteiger partial charge in [-0.2, -0.15) is 0 Å². The molecule has 2 nitrogen and oxygen atoms in total. The quantitative estimate of drug-likeness (QED) is 0.153. The second-order valence-corrected chi connectivity index (χ2v) is 15.2. The lowest BCUT2D eigenvalue weighted by Crippen LogP contribution is -2.14. The van der Waals surface area contributed by atoms with Crippen LogP contribution in [0.4, 0.5) is 17.1 Å². The number of para-hydroxylation sites is 3. The first kappa shape index (κ1) is 35.2. The highest BCUT2D eigenvalue weighted by Gasteiger charge is 2.26. The Morgan fingerprint density at radius 2 is 0.733 bits per heavy atom. The average molecular weight is 766 g/mol. The van der Waals surface area contributed by atoms with Gasteiger partial charge in [0.05, 0.1) is 17.1 Å². The monoisotopic (exact) mass is 765 g/mol. The lowest BCUT2D eigenvalue weighted by atomic mass is 9.89. The van der Waals surface area contributed by atoms with Gasteiger partial charge in [-0.25, -0.2) is 0 Å². The van der Waals surface area contributed by atoms with Crippen LogP contribution in [0, 0.1) is 0 Å². The van der Waals surface area contributed by atoms with Gasteiger partial charge in [0, 0.05) is 27.5 Å². The number of furan rings is 1. The smallest absolute Gasteiger partial charge is 0.136 e. The van der Waals surface area contributed by atoms with E-state index in [0.29, 0.717) is 0 Å². The first-order chi connectivity index (χ1) is 29.8. The van der Waals surface area contributed by atoms with E-state index in [0.717, 1.165) is 72.4 Å². The van der Waals surface area contributed by atoms with Crippen LogP contribution in [0.3, 0.4) is 0 Å². The fourth-order valence-electron chi connectivity index (χ4n) is 8.99. The molecule has 0 fully saturated rings. The van der Waals surface area contributed by atoms with Crippen LogP contribution in [0.1, 0.15) is 0 Å². The number of hydrogen-bond acceptors (Lipinski definition) is 2. The standard InChI is InChI=1S/C58H39NO/c1-4-19-40(20-5-1)44-37-38-54(51(39-44)42-23-8-3-9-24-42)59(53-34-14-11-28-47(53)49-32-18-36-56-58(49)50-29-12-15-35-55(50)60-56)52-33-13-10-27-46(52)48-31-17-26-43-25-16-30-45(57(43)48)41-21-6-2-7-22-41/h1-39H. The van der Waals surface area contributed by atoms with Gasteiger partial charge in [-0.1, -0.05) is 200 Å². The van der Waals surface area contributed by atoms with Crippen LogP contribution < -0.4 is 4.90 Å². The molecule has 0 saturated carbocycles. The zero-order valence-corrected chi connectivity index (χ0v) is 32.9. The van der Waals surface area contributed by atoms with E-state index >= 15 is 0 Å². The van der Waals surface area contributed by atoms with Crippen molar-refractivity contribution in [3.05, 3.63) is 237 Å². The number of rotatable bonds is 8. The maximum Gasteiger partial charge on any atom is 0.136 e. The third kappa shape index (κ3) is 6.14. The van der Waals surface area contributed by atoms with Crippen molar-refractivity contribution in [2.24, 2.45) is 0 Å². The highest BCUT2D eigenvalue weighted by Crippen LogP contribution is 2.51. The van der Waals surface area contributed by atoms with Crippen molar-refractivity contribution in [1.29, 1.82) is 0 Å². The van der Waals surface area contributed by atoms with Crippen LogP contribution in [0.2, 0.25) is 0 Å². The van der Waals surface area contributed by atoms with Gasteiger partial charge in [-0.05, 0) is 86.1 Å². The molecule has 10 aromatic carbocycles. The Morgan fingerprint density at radius 1 is 0.267 bits per heavy atom. The largest absolute Gasteiger partial charge is 0.456 e. The summed E-state index contributed by atoms with van der Waals surface area (Å²) < 4.78 is 6.47. The Kier molecular flexibility index (Phi) is 8.87. The van der Waals surface area contributed by atoms with Crippen LogP contribution in [-0.2, 0) is 0 Å². The first-order valence-electron chi connectivity index (χ1n) is 20.5. The van der Waals surface area contributed by atoms with Gasteiger partial charge in [-0.15, -0.1) is 0 Å². The Hall–Kier alpha value is -7.94. The van der Waals surface area contributed by atoms with Gasteiger partial charge in [0.25, 0.3) is 0 Å². The SMILES string of the molecule is c1ccc(-c2ccc(N(c3ccccc3-c3cccc4cccc(-c5ccccc5)c34)c3ccccc3-c3cccc4oc5ccccc5c34)c(-c3ccccc3)c2)cc1. The summed E-state index contributed by atoms with van der Waals surface area (Å²) in [5, 5.41) is 4.64. The van der Waals surface area contributed by atoms with Crippen molar-refractivity contribution in [2.45, 2.75) is 0 Å². The van der Waals surface area contributed by atoms with E-state index in [1.54, 1.807) is 0 Å². The molecule has 60 heavy (non-hydrogen) atoms. The topological polar surface area (TPSA) is 16.4 Å². The molecule has 0 aliphatic rings. The summed E-state index contributed by atoms with van der Waals surface area (Å²) in [7, 11) is 0. The molecule has 11 aromatic rings. The number of benzene rings is 10. The van der Waals surface area contributed by atoms with E-state index in [9.17, 15) is 0 Å². The van der Waals surface area contributed by atoms with Gasteiger partial charge in [0.2, 0.25) is 0 Å². The van der Waals surface area contributed by atoms with E-state index in [4.69, 9.17) is 4.42 Å². The second kappa shape index (κ2) is 15.1. The molecular formula is C58H39NO. The van der Waals surface area contributed by atoms with Crippen molar-refractivity contribution < 1.29 is 4.42 Å². The van der Waals surface area contributed by atoms with Crippen molar-refractivity contribution in [3.8, 4) is 55.6 Å². The van der Waals surface area contributed by atoms with E-state index in [-0.39, 0.29) is 0 Å². The summed E-state index contributed by atoms with van der Waals surface area (Å²) >= 11 is 0. The van der Waals surface area contributed by atoms with Crippen molar-refractivity contribution in [2.75, 3.05) is 4.90 Å². The molecule has 11 rings (SSSR count). The van der Waals surface area contributed by atoms with Gasteiger partial charge in [0.15, 0.2) is 0 Å². The minimum Gasteiger partial charge on any atom is -0.456 e. The molecule has 0 saturated heterocycles. The minimum atomic E-state index is 0.872. The molecule has 0 amide bonds. The lowest BCUT2D eigenvalue weighted by molar-refractivity contribution is 0.669. The molecule has 0 radical (unpaired) electrons. The van der Waals surface area contributed by atoms with Crippen molar-refractivity contribution in [1.82, 2.24) is 0 Å². The van der Waals surface area contributed by atoms with Crippen LogP contribution >= 0.6 is 0 Å². The summed E-state index contributed by atoms with van der Waals surface area (Å²) in [6.45, 7) is 0. The lowest BCUT2D eigenvalue weighted by Gasteiger charge is -2.32. The molecule has 0 atom stereocenters. The zero-order chi connectivity index (χ0) is 39.8. The average Bonchev–Trinajstić information content (AvgIpc) is 3.72. The molecule has 0 unspecified atom stereocenters. The number of hydrogen-bond donors (Lipinski definition) is 0. The fourth-order valence-corrected chi connectivity index (χ4v) is 8.99. The van der Waals surface area contributed by atoms with Gasteiger partial charge < -0.3 is 9.32 Å².